The van der Waals surface area contributed by atoms with Crippen molar-refractivity contribution in [2.75, 3.05) is 13.1 Å². The summed E-state index contributed by atoms with van der Waals surface area (Å²) in [5, 5.41) is 13.2. The maximum absolute atomic E-state index is 11.4. The van der Waals surface area contributed by atoms with Gasteiger partial charge < -0.3 is 10.0 Å². The first-order valence-corrected chi connectivity index (χ1v) is 8.39. The van der Waals surface area contributed by atoms with E-state index >= 15 is 0 Å². The van der Waals surface area contributed by atoms with Gasteiger partial charge in [-0.2, -0.15) is 0 Å². The first-order valence-electron chi connectivity index (χ1n) is 7.13. The molecule has 2 aliphatic heterocycles. The summed E-state index contributed by atoms with van der Waals surface area (Å²) in [4.78, 5) is 6.66. The van der Waals surface area contributed by atoms with Gasteiger partial charge in [-0.05, 0) is 25.0 Å². The van der Waals surface area contributed by atoms with Gasteiger partial charge >= 0.3 is 0 Å². The van der Waals surface area contributed by atoms with E-state index in [1.165, 1.54) is 0 Å². The molecule has 0 aliphatic carbocycles. The van der Waals surface area contributed by atoms with E-state index in [-0.39, 0.29) is 22.2 Å². The summed E-state index contributed by atoms with van der Waals surface area (Å²) in [5.41, 5.74) is -0.0372. The summed E-state index contributed by atoms with van der Waals surface area (Å²) in [6.07, 6.45) is 3.02. The molecule has 3 rings (SSSR count). The van der Waals surface area contributed by atoms with Gasteiger partial charge in [-0.3, -0.25) is 4.99 Å². The second-order valence-electron chi connectivity index (χ2n) is 5.30. The Bertz CT molecular complexity index is 525. The van der Waals surface area contributed by atoms with Crippen LogP contribution in [0.3, 0.4) is 0 Å². The van der Waals surface area contributed by atoms with Crippen LogP contribution in [0, 0.1) is 0 Å². The number of aliphatic imine (C=N–C) groups is 1. The van der Waals surface area contributed by atoms with Crippen molar-refractivity contribution in [3.05, 3.63) is 34.9 Å². The van der Waals surface area contributed by atoms with Crippen LogP contribution in [0.15, 0.2) is 29.3 Å². The molecule has 0 amide bonds. The van der Waals surface area contributed by atoms with Crippen molar-refractivity contribution in [3.8, 4) is 0 Å². The van der Waals surface area contributed by atoms with Crippen LogP contribution in [0.2, 0.25) is 5.02 Å². The Hall–Kier alpha value is -0.230. The number of aliphatic hydroxyl groups is 1. The largest absolute Gasteiger partial charge is 0.366 e. The molecule has 21 heavy (non-hydrogen) atoms. The second-order valence-corrected chi connectivity index (χ2v) is 6.90. The number of thioether (sulfide) groups is 1. The van der Waals surface area contributed by atoms with Gasteiger partial charge in [-0.25, -0.2) is 0 Å². The Morgan fingerprint density at radius 3 is 2.81 bits per heavy atom. The summed E-state index contributed by atoms with van der Waals surface area (Å²) in [7, 11) is 0. The van der Waals surface area contributed by atoms with Gasteiger partial charge in [-0.15, -0.1) is 17.0 Å². The van der Waals surface area contributed by atoms with Gasteiger partial charge in [0.2, 0.25) is 0 Å². The van der Waals surface area contributed by atoms with Crippen molar-refractivity contribution in [1.29, 1.82) is 0 Å². The first-order chi connectivity index (χ1) is 9.66. The maximum Gasteiger partial charge on any atom is 0.178 e. The smallest absolute Gasteiger partial charge is 0.178 e. The van der Waals surface area contributed by atoms with Crippen LogP contribution < -0.4 is 0 Å². The third-order valence-corrected chi connectivity index (χ3v) is 5.61. The number of rotatable bonds is 3. The molecule has 0 saturated carbocycles. The van der Waals surface area contributed by atoms with E-state index in [9.17, 15) is 5.11 Å². The molecule has 1 aromatic rings. The van der Waals surface area contributed by atoms with Crippen molar-refractivity contribution in [1.82, 2.24) is 4.90 Å². The van der Waals surface area contributed by atoms with Gasteiger partial charge in [0, 0.05) is 23.7 Å². The number of hydrogen-bond acceptors (Lipinski definition) is 4. The predicted octanol–water partition coefficient (Wildman–Crippen LogP) is 4.04. The van der Waals surface area contributed by atoms with E-state index in [1.54, 1.807) is 11.8 Å². The summed E-state index contributed by atoms with van der Waals surface area (Å²) in [6, 6.07) is 7.56. The Balaban J connectivity index is 0.00000161. The monoisotopic (exact) mass is 390 g/mol. The van der Waals surface area contributed by atoms with Crippen LogP contribution in [-0.4, -0.2) is 33.5 Å². The lowest BCUT2D eigenvalue weighted by Crippen LogP contribution is -2.50. The lowest BCUT2D eigenvalue weighted by Gasteiger charge is -2.39. The number of hydrogen-bond donors (Lipinski definition) is 1. The normalized spacial score (nSPS) is 27.9. The second kappa shape index (κ2) is 6.90. The van der Waals surface area contributed by atoms with Gasteiger partial charge in [-0.1, -0.05) is 48.8 Å². The zero-order valence-corrected chi connectivity index (χ0v) is 15.2. The van der Waals surface area contributed by atoms with E-state index < -0.39 is 5.72 Å². The molecule has 6 heteroatoms. The van der Waals surface area contributed by atoms with Gasteiger partial charge in [0.05, 0.1) is 5.25 Å². The van der Waals surface area contributed by atoms with Crippen LogP contribution in [-0.2, 0) is 5.72 Å². The molecule has 2 atom stereocenters. The summed E-state index contributed by atoms with van der Waals surface area (Å²) >= 11 is 7.69. The molecule has 1 fully saturated rings. The maximum atomic E-state index is 11.4. The van der Waals surface area contributed by atoms with E-state index in [0.717, 1.165) is 43.1 Å². The third-order valence-electron chi connectivity index (χ3n) is 3.95. The predicted molar refractivity (Wildman–Crippen MR) is 95.6 cm³/mol. The molecule has 116 valence electrons. The minimum absolute atomic E-state index is 0. The summed E-state index contributed by atoms with van der Waals surface area (Å²) < 4.78 is 0. The Morgan fingerprint density at radius 2 is 2.14 bits per heavy atom. The van der Waals surface area contributed by atoms with Gasteiger partial charge in [0.1, 0.15) is 0 Å². The average molecular weight is 392 g/mol. The molecule has 2 aliphatic rings. The van der Waals surface area contributed by atoms with E-state index in [0.29, 0.717) is 5.02 Å². The van der Waals surface area contributed by atoms with Crippen LogP contribution >= 0.6 is 40.3 Å². The fourth-order valence-corrected chi connectivity index (χ4v) is 4.63. The molecule has 3 nitrogen and oxygen atoms in total. The number of halogens is 2. The lowest BCUT2D eigenvalue weighted by atomic mass is 9.94. The summed E-state index contributed by atoms with van der Waals surface area (Å²) in [6.45, 7) is 3.89. The van der Waals surface area contributed by atoms with Gasteiger partial charge in [0.15, 0.2) is 10.9 Å². The highest BCUT2D eigenvalue weighted by Crippen LogP contribution is 2.48. The molecule has 1 N–H and O–H groups in total. The number of fused-ring (bicyclic) bond motifs is 1. The molecule has 1 aromatic carbocycles. The number of amidine groups is 1. The SMILES string of the molecule is Br.CCCC1SC2=NCCCN2C1(O)c1ccc(Cl)cc1. The Kier molecular flexibility index (Phi) is 5.63. The van der Waals surface area contributed by atoms with Crippen LogP contribution in [0.5, 0.6) is 0 Å². The molecule has 1 saturated heterocycles. The minimum atomic E-state index is -0.954. The third kappa shape index (κ3) is 2.98. The van der Waals surface area contributed by atoms with Crippen LogP contribution in [0.1, 0.15) is 31.7 Å². The standard InChI is InChI=1S/C15H19ClN2OS.BrH/c1-2-4-13-15(19,11-5-7-12(16)8-6-11)18-10-3-9-17-14(18)20-13;/h5-8,13,19H,2-4,9-10H2,1H3;1H. The summed E-state index contributed by atoms with van der Waals surface area (Å²) in [5.74, 6) is 0. The number of benzene rings is 1. The average Bonchev–Trinajstić information content (AvgIpc) is 2.75. The van der Waals surface area contributed by atoms with Crippen molar-refractivity contribution in [2.45, 2.75) is 37.2 Å². The first kappa shape index (κ1) is 17.1. The molecule has 0 spiro atoms. The van der Waals surface area contributed by atoms with Crippen molar-refractivity contribution < 1.29 is 5.11 Å². The fraction of sp³-hybridized carbons (Fsp3) is 0.533. The minimum Gasteiger partial charge on any atom is -0.366 e. The lowest BCUT2D eigenvalue weighted by molar-refractivity contribution is -0.0736. The van der Waals surface area contributed by atoms with Crippen LogP contribution in [0.25, 0.3) is 0 Å². The molecule has 0 bridgehead atoms. The highest BCUT2D eigenvalue weighted by molar-refractivity contribution is 8.93. The molecular weight excluding hydrogens is 372 g/mol. The quantitative estimate of drug-likeness (QED) is 0.844. The molecular formula is C15H20BrClN2OS. The highest BCUT2D eigenvalue weighted by atomic mass is 79.9. The molecule has 2 heterocycles. The van der Waals surface area contributed by atoms with Gasteiger partial charge in [0.25, 0.3) is 0 Å². The molecule has 2 unspecified atom stereocenters. The topological polar surface area (TPSA) is 35.8 Å². The zero-order valence-electron chi connectivity index (χ0n) is 12.0. The zero-order chi connectivity index (χ0) is 14.2. The van der Waals surface area contributed by atoms with Crippen LogP contribution in [0.4, 0.5) is 0 Å². The van der Waals surface area contributed by atoms with E-state index in [4.69, 9.17) is 11.6 Å². The van der Waals surface area contributed by atoms with Crippen molar-refractivity contribution in [3.63, 3.8) is 0 Å². The molecule has 0 radical (unpaired) electrons. The Labute approximate surface area is 145 Å². The van der Waals surface area contributed by atoms with Crippen molar-refractivity contribution in [2.24, 2.45) is 4.99 Å². The molecule has 0 aromatic heterocycles. The number of nitrogens with zero attached hydrogens (tertiary/aromatic N) is 2. The highest BCUT2D eigenvalue weighted by Gasteiger charge is 2.52. The van der Waals surface area contributed by atoms with E-state index in [1.807, 2.05) is 24.3 Å². The Morgan fingerprint density at radius 1 is 1.43 bits per heavy atom. The van der Waals surface area contributed by atoms with E-state index in [2.05, 4.69) is 16.8 Å². The fourth-order valence-electron chi connectivity index (χ4n) is 2.94. The van der Waals surface area contributed by atoms with Crippen molar-refractivity contribution >= 4 is 45.5 Å².